The molecule has 2 amide bonds. The second-order valence-corrected chi connectivity index (χ2v) is 8.83. The number of hydrogen-bond donors (Lipinski definition) is 1. The van der Waals surface area contributed by atoms with Crippen molar-refractivity contribution in [2.24, 2.45) is 0 Å². The largest absolute Gasteiger partial charge is 0.329 e. The van der Waals surface area contributed by atoms with E-state index in [2.05, 4.69) is 53.4 Å². The third-order valence-corrected chi connectivity index (χ3v) is 7.02. The molecule has 3 aliphatic rings. The average Bonchev–Trinajstić information content (AvgIpc) is 2.94. The number of rotatable bonds is 1. The summed E-state index contributed by atoms with van der Waals surface area (Å²) in [6.45, 7) is 4.23. The highest BCUT2D eigenvalue weighted by atomic mass is 16.2. The number of benzene rings is 2. The van der Waals surface area contributed by atoms with Crippen molar-refractivity contribution in [3.63, 3.8) is 0 Å². The van der Waals surface area contributed by atoms with Crippen molar-refractivity contribution in [1.82, 2.24) is 4.90 Å². The lowest BCUT2D eigenvalue weighted by Crippen LogP contribution is -3.13. The molecule has 2 saturated heterocycles. The van der Waals surface area contributed by atoms with Gasteiger partial charge in [0, 0.05) is 25.1 Å². The lowest BCUT2D eigenvalue weighted by atomic mass is 9.95. The van der Waals surface area contributed by atoms with E-state index in [-0.39, 0.29) is 6.03 Å². The summed E-state index contributed by atoms with van der Waals surface area (Å²) in [5.74, 6) is 0. The minimum Gasteiger partial charge on any atom is -0.328 e. The number of amides is 2. The summed E-state index contributed by atoms with van der Waals surface area (Å²) in [6, 6.07) is 17.8. The molecule has 3 aliphatic heterocycles. The van der Waals surface area contributed by atoms with Crippen molar-refractivity contribution in [2.45, 2.75) is 51.0 Å². The Labute approximate surface area is 174 Å². The van der Waals surface area contributed by atoms with E-state index >= 15 is 0 Å². The lowest BCUT2D eigenvalue weighted by molar-refractivity contribution is -0.936. The number of piperidine rings is 2. The van der Waals surface area contributed by atoms with Crippen molar-refractivity contribution in [3.8, 4) is 0 Å². The second-order valence-electron chi connectivity index (χ2n) is 8.83. The summed E-state index contributed by atoms with van der Waals surface area (Å²) in [4.78, 5) is 19.5. The van der Waals surface area contributed by atoms with Crippen molar-refractivity contribution in [2.75, 3.05) is 31.1 Å². The molecule has 0 saturated carbocycles. The second kappa shape index (κ2) is 8.19. The molecule has 0 bridgehead atoms. The van der Waals surface area contributed by atoms with E-state index in [1.807, 2.05) is 4.90 Å². The number of quaternary nitrogens is 1. The van der Waals surface area contributed by atoms with Gasteiger partial charge in [0.2, 0.25) is 0 Å². The topological polar surface area (TPSA) is 28.0 Å². The molecule has 29 heavy (non-hydrogen) atoms. The van der Waals surface area contributed by atoms with Gasteiger partial charge in [-0.15, -0.1) is 0 Å². The van der Waals surface area contributed by atoms with Gasteiger partial charge in [-0.05, 0) is 56.2 Å². The summed E-state index contributed by atoms with van der Waals surface area (Å²) >= 11 is 0. The molecule has 0 aliphatic carbocycles. The van der Waals surface area contributed by atoms with Crippen LogP contribution in [-0.4, -0.2) is 37.1 Å². The van der Waals surface area contributed by atoms with Gasteiger partial charge in [0.1, 0.15) is 6.04 Å². The first kappa shape index (κ1) is 18.7. The number of hydrogen-bond acceptors (Lipinski definition) is 1. The van der Waals surface area contributed by atoms with Crippen molar-refractivity contribution in [1.29, 1.82) is 0 Å². The molecule has 3 heterocycles. The van der Waals surface area contributed by atoms with E-state index < -0.39 is 0 Å². The Bertz CT molecular complexity index is 868. The Morgan fingerprint density at radius 2 is 1.45 bits per heavy atom. The van der Waals surface area contributed by atoms with Crippen molar-refractivity contribution < 1.29 is 9.69 Å². The maximum atomic E-state index is 13.8. The van der Waals surface area contributed by atoms with E-state index in [4.69, 9.17) is 0 Å². The molecule has 4 nitrogen and oxygen atoms in total. The molecule has 2 aromatic carbocycles. The minimum absolute atomic E-state index is 0.152. The lowest BCUT2D eigenvalue weighted by Gasteiger charge is -2.34. The Morgan fingerprint density at radius 1 is 0.793 bits per heavy atom. The van der Waals surface area contributed by atoms with Crippen molar-refractivity contribution in [3.05, 3.63) is 59.7 Å². The molecular weight excluding hydrogens is 358 g/mol. The van der Waals surface area contributed by atoms with Crippen LogP contribution in [0.5, 0.6) is 0 Å². The minimum atomic E-state index is 0.152. The molecule has 2 fully saturated rings. The van der Waals surface area contributed by atoms with Gasteiger partial charge >= 0.3 is 6.03 Å². The Balaban J connectivity index is 1.61. The van der Waals surface area contributed by atoms with Gasteiger partial charge in [-0.3, -0.25) is 4.90 Å². The predicted molar refractivity (Wildman–Crippen MR) is 117 cm³/mol. The molecule has 0 aromatic heterocycles. The predicted octanol–water partition coefficient (Wildman–Crippen LogP) is 4.10. The third-order valence-electron chi connectivity index (χ3n) is 7.02. The normalized spacial score (nSPS) is 22.6. The summed E-state index contributed by atoms with van der Waals surface area (Å²) < 4.78 is 0. The zero-order valence-corrected chi connectivity index (χ0v) is 17.3. The van der Waals surface area contributed by atoms with Crippen LogP contribution in [0.3, 0.4) is 0 Å². The van der Waals surface area contributed by atoms with E-state index in [1.54, 1.807) is 4.90 Å². The van der Waals surface area contributed by atoms with Gasteiger partial charge in [0.25, 0.3) is 0 Å². The number of nitrogens with one attached hydrogen (secondary N) is 1. The molecule has 5 rings (SSSR count). The van der Waals surface area contributed by atoms with Crippen LogP contribution in [0.4, 0.5) is 16.2 Å². The summed E-state index contributed by atoms with van der Waals surface area (Å²) in [5.41, 5.74) is 4.81. The molecule has 4 heteroatoms. The van der Waals surface area contributed by atoms with Crippen LogP contribution in [0, 0.1) is 0 Å². The van der Waals surface area contributed by atoms with Crippen LogP contribution in [0.15, 0.2) is 48.5 Å². The first-order valence-electron chi connectivity index (χ1n) is 11.4. The number of para-hydroxylation sites is 2. The molecule has 1 N–H and O–H groups in total. The molecule has 2 aromatic rings. The van der Waals surface area contributed by atoms with E-state index in [0.717, 1.165) is 43.7 Å². The van der Waals surface area contributed by atoms with E-state index in [9.17, 15) is 4.79 Å². The first-order valence-corrected chi connectivity index (χ1v) is 11.4. The average molecular weight is 391 g/mol. The first-order chi connectivity index (χ1) is 14.3. The summed E-state index contributed by atoms with van der Waals surface area (Å²) in [6.07, 6.45) is 8.45. The van der Waals surface area contributed by atoms with Gasteiger partial charge < -0.3 is 9.80 Å². The van der Waals surface area contributed by atoms with Gasteiger partial charge in [-0.25, -0.2) is 4.79 Å². The fraction of sp³-hybridized carbons (Fsp3) is 0.480. The van der Waals surface area contributed by atoms with Crippen LogP contribution < -0.4 is 9.80 Å². The van der Waals surface area contributed by atoms with E-state index in [1.165, 1.54) is 49.9 Å². The van der Waals surface area contributed by atoms with Crippen LogP contribution in [0.1, 0.15) is 55.7 Å². The Morgan fingerprint density at radius 3 is 2.24 bits per heavy atom. The number of anilines is 2. The zero-order chi connectivity index (χ0) is 19.6. The summed E-state index contributed by atoms with van der Waals surface area (Å²) in [5, 5.41) is 0. The van der Waals surface area contributed by atoms with Gasteiger partial charge in [0.05, 0.1) is 24.5 Å². The molecule has 1 atom stereocenters. The maximum Gasteiger partial charge on any atom is 0.329 e. The smallest absolute Gasteiger partial charge is 0.328 e. The molecule has 152 valence electrons. The monoisotopic (exact) mass is 390 g/mol. The molecule has 0 unspecified atom stereocenters. The summed E-state index contributed by atoms with van der Waals surface area (Å²) in [7, 11) is 0. The molecule has 0 radical (unpaired) electrons. The highest BCUT2D eigenvalue weighted by Gasteiger charge is 2.37. The van der Waals surface area contributed by atoms with Crippen molar-refractivity contribution >= 4 is 17.4 Å². The SMILES string of the molecule is O=C(N1CCCCC1)N1c2ccccc2C[C@H]([NH+]2CCCCC2)c2ccccc21. The Hall–Kier alpha value is -2.33. The number of urea groups is 1. The fourth-order valence-electron chi connectivity index (χ4n) is 5.50. The number of fused-ring (bicyclic) bond motifs is 2. The highest BCUT2D eigenvalue weighted by Crippen LogP contribution is 2.40. The van der Waals surface area contributed by atoms with Crippen LogP contribution >= 0.6 is 0 Å². The molecule has 0 spiro atoms. The third kappa shape index (κ3) is 3.55. The van der Waals surface area contributed by atoms with E-state index in [0.29, 0.717) is 6.04 Å². The number of carbonyl (C=O) groups is 1. The number of carbonyl (C=O) groups excluding carboxylic acids is 1. The Kier molecular flexibility index (Phi) is 5.28. The fourth-order valence-corrected chi connectivity index (χ4v) is 5.50. The number of likely N-dealkylation sites (tertiary alicyclic amines) is 2. The highest BCUT2D eigenvalue weighted by molar-refractivity contribution is 6.01. The maximum absolute atomic E-state index is 13.8. The molecular formula is C25H32N3O+. The standard InChI is InChI=1S/C25H31N3O/c29-25(27-17-9-2-10-18-27)28-22-13-5-3-11-20(22)19-24(26-15-7-1-8-16-26)21-12-4-6-14-23(21)28/h3-6,11-14,24H,1-2,7-10,15-19H2/p+1/t24-/m0/s1. The van der Waals surface area contributed by atoms with Gasteiger partial charge in [0.15, 0.2) is 0 Å². The van der Waals surface area contributed by atoms with Gasteiger partial charge in [-0.1, -0.05) is 36.4 Å². The quantitative estimate of drug-likeness (QED) is 0.780. The number of nitrogens with zero attached hydrogens (tertiary/aromatic N) is 2. The van der Waals surface area contributed by atoms with Crippen LogP contribution in [0.2, 0.25) is 0 Å². The zero-order valence-electron chi connectivity index (χ0n) is 17.3. The van der Waals surface area contributed by atoms with Crippen LogP contribution in [0.25, 0.3) is 0 Å². The van der Waals surface area contributed by atoms with Crippen LogP contribution in [-0.2, 0) is 6.42 Å². The van der Waals surface area contributed by atoms with Gasteiger partial charge in [-0.2, -0.15) is 0 Å².